The summed E-state index contributed by atoms with van der Waals surface area (Å²) < 4.78 is 4.83. The van der Waals surface area contributed by atoms with Gasteiger partial charge in [0.25, 0.3) is 0 Å². The molecule has 0 aliphatic rings. The zero-order valence-electron chi connectivity index (χ0n) is 7.38. The number of esters is 1. The van der Waals surface area contributed by atoms with E-state index in [4.69, 9.17) is 11.2 Å². The van der Waals surface area contributed by atoms with Gasteiger partial charge in [0.15, 0.2) is 0 Å². The third-order valence-corrected chi connectivity index (χ3v) is 1.44. The van der Waals surface area contributed by atoms with Crippen molar-refractivity contribution in [3.63, 3.8) is 0 Å². The molecular formula is C10H14O2. The predicted molar refractivity (Wildman–Crippen MR) is 48.4 cm³/mol. The van der Waals surface area contributed by atoms with Crippen molar-refractivity contribution in [2.75, 3.05) is 6.61 Å². The van der Waals surface area contributed by atoms with Crippen molar-refractivity contribution >= 4 is 5.97 Å². The van der Waals surface area contributed by atoms with Crippen LogP contribution in [0.15, 0.2) is 12.7 Å². The molecule has 1 atom stereocenters. The number of ether oxygens (including phenoxy) is 1. The average molecular weight is 166 g/mol. The van der Waals surface area contributed by atoms with Gasteiger partial charge in [0.1, 0.15) is 0 Å². The molecule has 0 saturated carbocycles. The van der Waals surface area contributed by atoms with E-state index in [1.54, 1.807) is 13.0 Å². The fraction of sp³-hybridized carbons (Fsp3) is 0.500. The predicted octanol–water partition coefficient (Wildman–Crippen LogP) is 1.77. The van der Waals surface area contributed by atoms with Crippen molar-refractivity contribution in [2.45, 2.75) is 19.8 Å². The normalized spacial score (nSPS) is 11.3. The minimum absolute atomic E-state index is 0.215. The lowest BCUT2D eigenvalue weighted by molar-refractivity contribution is -0.147. The molecule has 0 spiro atoms. The molecule has 0 saturated heterocycles. The molecule has 0 fully saturated rings. The van der Waals surface area contributed by atoms with Crippen LogP contribution in [0.5, 0.6) is 0 Å². The summed E-state index contributed by atoms with van der Waals surface area (Å²) in [5.41, 5.74) is 0. The van der Waals surface area contributed by atoms with E-state index in [1.165, 1.54) is 0 Å². The summed E-state index contributed by atoms with van der Waals surface area (Å²) in [7, 11) is 0. The Labute approximate surface area is 73.6 Å². The largest absolute Gasteiger partial charge is 0.466 e. The van der Waals surface area contributed by atoms with Crippen LogP contribution in [0.25, 0.3) is 0 Å². The first-order chi connectivity index (χ1) is 5.76. The molecule has 0 bridgehead atoms. The lowest BCUT2D eigenvalue weighted by atomic mass is 10.0. The standard InChI is InChI=1S/C10H14O2/c1-4-7-9(8-5-2)10(11)12-6-3/h1,5,9H,2,6-8H2,3H3. The minimum Gasteiger partial charge on any atom is -0.466 e. The van der Waals surface area contributed by atoms with Gasteiger partial charge in [-0.3, -0.25) is 4.79 Å². The molecule has 0 aliphatic carbocycles. The molecule has 0 aromatic heterocycles. The molecule has 0 amide bonds. The number of allylic oxidation sites excluding steroid dienone is 1. The van der Waals surface area contributed by atoms with Crippen molar-refractivity contribution in [3.8, 4) is 12.3 Å². The second-order valence-electron chi connectivity index (χ2n) is 2.38. The second kappa shape index (κ2) is 6.48. The highest BCUT2D eigenvalue weighted by Gasteiger charge is 2.16. The van der Waals surface area contributed by atoms with Gasteiger partial charge in [-0.15, -0.1) is 18.9 Å². The quantitative estimate of drug-likeness (QED) is 0.353. The van der Waals surface area contributed by atoms with Gasteiger partial charge in [-0.2, -0.15) is 0 Å². The summed E-state index contributed by atoms with van der Waals surface area (Å²) in [6, 6.07) is 0. The number of rotatable bonds is 5. The Morgan fingerprint density at radius 2 is 2.50 bits per heavy atom. The van der Waals surface area contributed by atoms with E-state index in [0.717, 1.165) is 0 Å². The molecule has 0 radical (unpaired) electrons. The highest BCUT2D eigenvalue weighted by Crippen LogP contribution is 2.10. The molecule has 66 valence electrons. The molecule has 2 heteroatoms. The Hall–Kier alpha value is -1.23. The van der Waals surface area contributed by atoms with Gasteiger partial charge in [0.05, 0.1) is 12.5 Å². The number of carbonyl (C=O) groups excluding carboxylic acids is 1. The van der Waals surface area contributed by atoms with E-state index in [0.29, 0.717) is 19.4 Å². The van der Waals surface area contributed by atoms with Gasteiger partial charge < -0.3 is 4.74 Å². The van der Waals surface area contributed by atoms with Crippen molar-refractivity contribution in [1.29, 1.82) is 0 Å². The van der Waals surface area contributed by atoms with Crippen LogP contribution in [0.1, 0.15) is 19.8 Å². The van der Waals surface area contributed by atoms with E-state index in [9.17, 15) is 4.79 Å². The molecular weight excluding hydrogens is 152 g/mol. The van der Waals surface area contributed by atoms with E-state index < -0.39 is 0 Å². The van der Waals surface area contributed by atoms with Crippen LogP contribution in [0.3, 0.4) is 0 Å². The van der Waals surface area contributed by atoms with Gasteiger partial charge in [-0.1, -0.05) is 6.08 Å². The number of hydrogen-bond donors (Lipinski definition) is 0. The zero-order chi connectivity index (χ0) is 9.40. The second-order valence-corrected chi connectivity index (χ2v) is 2.38. The first kappa shape index (κ1) is 10.8. The van der Waals surface area contributed by atoms with Crippen LogP contribution >= 0.6 is 0 Å². The molecule has 0 rings (SSSR count). The molecule has 1 unspecified atom stereocenters. The Kier molecular flexibility index (Phi) is 5.81. The third kappa shape index (κ3) is 3.82. The smallest absolute Gasteiger partial charge is 0.310 e. The summed E-state index contributed by atoms with van der Waals surface area (Å²) in [4.78, 5) is 11.2. The van der Waals surface area contributed by atoms with E-state index in [1.807, 2.05) is 0 Å². The van der Waals surface area contributed by atoms with Crippen LogP contribution in [-0.4, -0.2) is 12.6 Å². The van der Waals surface area contributed by atoms with Crippen LogP contribution in [0, 0.1) is 18.3 Å². The zero-order valence-corrected chi connectivity index (χ0v) is 7.38. The Balaban J connectivity index is 4.00. The topological polar surface area (TPSA) is 26.3 Å². The van der Waals surface area contributed by atoms with Crippen molar-refractivity contribution in [3.05, 3.63) is 12.7 Å². The maximum atomic E-state index is 11.2. The number of hydrogen-bond acceptors (Lipinski definition) is 2. The molecule has 0 heterocycles. The van der Waals surface area contributed by atoms with Gasteiger partial charge in [0, 0.05) is 6.42 Å². The van der Waals surface area contributed by atoms with Gasteiger partial charge in [0.2, 0.25) is 0 Å². The summed E-state index contributed by atoms with van der Waals surface area (Å²) in [5, 5.41) is 0. The summed E-state index contributed by atoms with van der Waals surface area (Å²) in [6.07, 6.45) is 7.79. The summed E-state index contributed by atoms with van der Waals surface area (Å²) >= 11 is 0. The Morgan fingerprint density at radius 1 is 1.83 bits per heavy atom. The fourth-order valence-electron chi connectivity index (χ4n) is 0.866. The first-order valence-electron chi connectivity index (χ1n) is 3.97. The van der Waals surface area contributed by atoms with E-state index in [-0.39, 0.29) is 11.9 Å². The van der Waals surface area contributed by atoms with E-state index in [2.05, 4.69) is 12.5 Å². The maximum Gasteiger partial charge on any atom is 0.310 e. The van der Waals surface area contributed by atoms with E-state index >= 15 is 0 Å². The number of terminal acetylenes is 1. The summed E-state index contributed by atoms with van der Waals surface area (Å²) in [6.45, 7) is 5.73. The maximum absolute atomic E-state index is 11.2. The first-order valence-corrected chi connectivity index (χ1v) is 3.97. The minimum atomic E-state index is -0.227. The SMILES string of the molecule is C#CCC(CC=C)C(=O)OCC. The average Bonchev–Trinajstić information content (AvgIpc) is 2.04. The molecule has 0 aliphatic heterocycles. The fourth-order valence-corrected chi connectivity index (χ4v) is 0.866. The van der Waals surface area contributed by atoms with Crippen LogP contribution in [-0.2, 0) is 9.53 Å². The molecule has 0 aromatic carbocycles. The molecule has 0 N–H and O–H groups in total. The molecule has 0 aromatic rings. The van der Waals surface area contributed by atoms with Crippen LogP contribution in [0.4, 0.5) is 0 Å². The lowest BCUT2D eigenvalue weighted by Crippen LogP contribution is -2.16. The lowest BCUT2D eigenvalue weighted by Gasteiger charge is -2.09. The monoisotopic (exact) mass is 166 g/mol. The van der Waals surface area contributed by atoms with Gasteiger partial charge in [-0.25, -0.2) is 0 Å². The van der Waals surface area contributed by atoms with Crippen molar-refractivity contribution in [1.82, 2.24) is 0 Å². The Bertz CT molecular complexity index is 189. The highest BCUT2D eigenvalue weighted by atomic mass is 16.5. The van der Waals surface area contributed by atoms with Crippen molar-refractivity contribution in [2.24, 2.45) is 5.92 Å². The highest BCUT2D eigenvalue weighted by molar-refractivity contribution is 5.72. The van der Waals surface area contributed by atoms with Crippen LogP contribution < -0.4 is 0 Å². The Morgan fingerprint density at radius 3 is 2.92 bits per heavy atom. The third-order valence-electron chi connectivity index (χ3n) is 1.44. The summed E-state index contributed by atoms with van der Waals surface area (Å²) in [5.74, 6) is 2.00. The van der Waals surface area contributed by atoms with Crippen LogP contribution in [0.2, 0.25) is 0 Å². The van der Waals surface area contributed by atoms with Crippen molar-refractivity contribution < 1.29 is 9.53 Å². The molecule has 2 nitrogen and oxygen atoms in total. The van der Waals surface area contributed by atoms with Gasteiger partial charge >= 0.3 is 5.97 Å². The number of carbonyl (C=O) groups is 1. The molecule has 12 heavy (non-hydrogen) atoms. The van der Waals surface area contributed by atoms with Gasteiger partial charge in [-0.05, 0) is 13.3 Å².